The third kappa shape index (κ3) is 4.62. The number of nitrogens with zero attached hydrogens (tertiary/aromatic N) is 2. The Morgan fingerprint density at radius 2 is 1.93 bits per heavy atom. The van der Waals surface area contributed by atoms with Gasteiger partial charge >= 0.3 is 5.97 Å². The molecule has 1 aliphatic rings. The second kappa shape index (κ2) is 8.98. The van der Waals surface area contributed by atoms with Crippen LogP contribution >= 0.6 is 0 Å². The monoisotopic (exact) mass is 408 g/mol. The van der Waals surface area contributed by atoms with Gasteiger partial charge in [0.25, 0.3) is 5.91 Å². The van der Waals surface area contributed by atoms with E-state index in [0.29, 0.717) is 18.8 Å². The number of likely N-dealkylation sites (tertiary alicyclic amines) is 1. The van der Waals surface area contributed by atoms with Gasteiger partial charge in [0, 0.05) is 19.0 Å². The number of hydrogen-bond donors (Lipinski definition) is 0. The Kier molecular flexibility index (Phi) is 5.97. The molecule has 1 saturated heterocycles. The van der Waals surface area contributed by atoms with Crippen LogP contribution in [0.1, 0.15) is 30.2 Å². The Morgan fingerprint density at radius 3 is 2.70 bits per heavy atom. The van der Waals surface area contributed by atoms with Gasteiger partial charge in [-0.1, -0.05) is 24.3 Å². The summed E-state index contributed by atoms with van der Waals surface area (Å²) in [6, 6.07) is 14.9. The highest BCUT2D eigenvalue weighted by Crippen LogP contribution is 2.29. The minimum atomic E-state index is -0.432. The summed E-state index contributed by atoms with van der Waals surface area (Å²) < 4.78 is 16.2. The Morgan fingerprint density at radius 1 is 1.13 bits per heavy atom. The molecule has 1 aromatic heterocycles. The largest absolute Gasteiger partial charge is 0.497 e. The van der Waals surface area contributed by atoms with Crippen LogP contribution in [0.4, 0.5) is 0 Å². The average Bonchev–Trinajstić information content (AvgIpc) is 3.22. The van der Waals surface area contributed by atoms with Gasteiger partial charge in [-0.25, -0.2) is 4.98 Å². The van der Waals surface area contributed by atoms with Gasteiger partial charge in [0.05, 0.1) is 13.5 Å². The van der Waals surface area contributed by atoms with Crippen molar-refractivity contribution in [3.05, 3.63) is 60.0 Å². The van der Waals surface area contributed by atoms with Crippen molar-refractivity contribution in [1.29, 1.82) is 0 Å². The van der Waals surface area contributed by atoms with Gasteiger partial charge in [-0.2, -0.15) is 0 Å². The van der Waals surface area contributed by atoms with Crippen molar-refractivity contribution < 1.29 is 23.5 Å². The minimum Gasteiger partial charge on any atom is -0.497 e. The lowest BCUT2D eigenvalue weighted by atomic mass is 9.97. The van der Waals surface area contributed by atoms with Gasteiger partial charge in [0.15, 0.2) is 18.1 Å². The highest BCUT2D eigenvalue weighted by molar-refractivity contribution is 5.81. The Labute approximate surface area is 174 Å². The molecule has 0 atom stereocenters. The molecule has 4 rings (SSSR count). The van der Waals surface area contributed by atoms with Crippen LogP contribution < -0.4 is 4.74 Å². The number of para-hydroxylation sites is 2. The maximum atomic E-state index is 12.4. The molecule has 30 heavy (non-hydrogen) atoms. The quantitative estimate of drug-likeness (QED) is 0.582. The highest BCUT2D eigenvalue weighted by Gasteiger charge is 2.27. The molecule has 1 amide bonds. The second-order valence-electron chi connectivity index (χ2n) is 7.36. The summed E-state index contributed by atoms with van der Waals surface area (Å²) in [6.45, 7) is 0.946. The number of aromatic nitrogens is 1. The predicted octanol–water partition coefficient (Wildman–Crippen LogP) is 3.33. The molecule has 1 aliphatic heterocycles. The van der Waals surface area contributed by atoms with Crippen LogP contribution in [0.3, 0.4) is 0 Å². The zero-order valence-corrected chi connectivity index (χ0v) is 16.9. The Bertz CT molecular complexity index is 1000. The van der Waals surface area contributed by atoms with Crippen molar-refractivity contribution >= 4 is 23.0 Å². The van der Waals surface area contributed by atoms with Crippen molar-refractivity contribution in [3.8, 4) is 5.75 Å². The van der Waals surface area contributed by atoms with E-state index in [4.69, 9.17) is 13.9 Å². The van der Waals surface area contributed by atoms with Crippen molar-refractivity contribution in [3.63, 3.8) is 0 Å². The molecule has 0 saturated carbocycles. The molecule has 0 aliphatic carbocycles. The lowest BCUT2D eigenvalue weighted by Crippen LogP contribution is -2.40. The third-order valence-corrected chi connectivity index (χ3v) is 5.35. The van der Waals surface area contributed by atoms with Gasteiger partial charge in [-0.3, -0.25) is 9.59 Å². The topological polar surface area (TPSA) is 81.9 Å². The zero-order chi connectivity index (χ0) is 20.9. The molecule has 0 bridgehead atoms. The lowest BCUT2D eigenvalue weighted by Gasteiger charge is -2.30. The first-order chi connectivity index (χ1) is 14.6. The molecular weight excluding hydrogens is 384 g/mol. The lowest BCUT2D eigenvalue weighted by molar-refractivity contribution is -0.152. The average molecular weight is 408 g/mol. The van der Waals surface area contributed by atoms with Gasteiger partial charge in [0.2, 0.25) is 0 Å². The first kappa shape index (κ1) is 19.9. The number of oxazole rings is 1. The fourth-order valence-electron chi connectivity index (χ4n) is 3.67. The van der Waals surface area contributed by atoms with Gasteiger partial charge < -0.3 is 18.8 Å². The summed E-state index contributed by atoms with van der Waals surface area (Å²) in [5, 5.41) is 0. The van der Waals surface area contributed by atoms with Crippen LogP contribution in [-0.4, -0.2) is 48.6 Å². The molecule has 156 valence electrons. The van der Waals surface area contributed by atoms with E-state index in [1.54, 1.807) is 18.1 Å². The summed E-state index contributed by atoms with van der Waals surface area (Å²) in [7, 11) is 1.57. The molecule has 3 aromatic rings. The summed E-state index contributed by atoms with van der Waals surface area (Å²) in [5.74, 6) is 0.992. The second-order valence-corrected chi connectivity index (χ2v) is 7.36. The van der Waals surface area contributed by atoms with Gasteiger partial charge in [0.1, 0.15) is 11.3 Å². The molecule has 7 heteroatoms. The summed E-state index contributed by atoms with van der Waals surface area (Å²) in [5.41, 5.74) is 2.42. The Balaban J connectivity index is 1.24. The van der Waals surface area contributed by atoms with E-state index >= 15 is 0 Å². The van der Waals surface area contributed by atoms with E-state index < -0.39 is 5.97 Å². The molecule has 1 fully saturated rings. The van der Waals surface area contributed by atoms with Crippen LogP contribution in [0.15, 0.2) is 52.9 Å². The van der Waals surface area contributed by atoms with E-state index in [1.807, 2.05) is 42.5 Å². The van der Waals surface area contributed by atoms with Gasteiger partial charge in [-0.15, -0.1) is 0 Å². The van der Waals surface area contributed by atoms with Crippen LogP contribution in [0.25, 0.3) is 11.1 Å². The number of fused-ring (bicyclic) bond motifs is 1. The molecular formula is C23H24N2O5. The number of carbonyl (C=O) groups excluding carboxylic acids is 2. The molecule has 2 aromatic carbocycles. The molecule has 0 unspecified atom stereocenters. The number of ether oxygens (including phenoxy) is 2. The number of piperidine rings is 1. The van der Waals surface area contributed by atoms with Gasteiger partial charge in [-0.05, 0) is 42.7 Å². The number of hydrogen-bond acceptors (Lipinski definition) is 6. The number of rotatable bonds is 6. The molecule has 0 spiro atoms. The smallest absolute Gasteiger partial charge is 0.310 e. The minimum absolute atomic E-state index is 0.101. The van der Waals surface area contributed by atoms with E-state index in [9.17, 15) is 9.59 Å². The number of carbonyl (C=O) groups is 2. The molecule has 2 heterocycles. The summed E-state index contributed by atoms with van der Waals surface area (Å²) >= 11 is 0. The maximum Gasteiger partial charge on any atom is 0.310 e. The van der Waals surface area contributed by atoms with Crippen LogP contribution in [0, 0.1) is 0 Å². The Hall–Kier alpha value is -3.35. The first-order valence-corrected chi connectivity index (χ1v) is 10.0. The standard InChI is InChI=1S/C23H24N2O5/c1-28-18-6-4-5-16(13-18)14-22(27)29-15-21(26)25-11-9-17(10-12-25)23-24-19-7-2-3-8-20(19)30-23/h2-8,13,17H,9-12,14-15H2,1H3. The fraction of sp³-hybridized carbons (Fsp3) is 0.348. The number of esters is 1. The molecule has 0 N–H and O–H groups in total. The van der Waals surface area contributed by atoms with Crippen LogP contribution in [-0.2, 0) is 20.7 Å². The van der Waals surface area contributed by atoms with E-state index in [-0.39, 0.29) is 24.9 Å². The summed E-state index contributed by atoms with van der Waals surface area (Å²) in [6.07, 6.45) is 1.65. The predicted molar refractivity (Wildman–Crippen MR) is 110 cm³/mol. The molecule has 0 radical (unpaired) electrons. The van der Waals surface area contributed by atoms with Crippen LogP contribution in [0.2, 0.25) is 0 Å². The van der Waals surface area contributed by atoms with Crippen molar-refractivity contribution in [2.75, 3.05) is 26.8 Å². The zero-order valence-electron chi connectivity index (χ0n) is 16.9. The normalized spacial score (nSPS) is 14.6. The summed E-state index contributed by atoms with van der Waals surface area (Å²) in [4.78, 5) is 30.8. The SMILES string of the molecule is COc1cccc(CC(=O)OCC(=O)N2CCC(c3nc4ccccc4o3)CC2)c1. The van der Waals surface area contributed by atoms with E-state index in [0.717, 1.165) is 35.4 Å². The number of amides is 1. The van der Waals surface area contributed by atoms with Crippen molar-refractivity contribution in [1.82, 2.24) is 9.88 Å². The number of benzene rings is 2. The fourth-order valence-corrected chi connectivity index (χ4v) is 3.67. The molecule has 7 nitrogen and oxygen atoms in total. The van der Waals surface area contributed by atoms with E-state index in [2.05, 4.69) is 4.98 Å². The van der Waals surface area contributed by atoms with Crippen molar-refractivity contribution in [2.45, 2.75) is 25.2 Å². The first-order valence-electron chi connectivity index (χ1n) is 10.0. The van der Waals surface area contributed by atoms with Crippen molar-refractivity contribution in [2.24, 2.45) is 0 Å². The maximum absolute atomic E-state index is 12.4. The van der Waals surface area contributed by atoms with Crippen LogP contribution in [0.5, 0.6) is 5.75 Å². The highest BCUT2D eigenvalue weighted by atomic mass is 16.5. The third-order valence-electron chi connectivity index (χ3n) is 5.35. The number of methoxy groups -OCH3 is 1. The van der Waals surface area contributed by atoms with E-state index in [1.165, 1.54) is 0 Å².